The number of phenols is 1. The number of rotatable bonds is 21. The van der Waals surface area contributed by atoms with Gasteiger partial charge in [0.15, 0.2) is 0 Å². The third kappa shape index (κ3) is 11.1. The van der Waals surface area contributed by atoms with E-state index in [-0.39, 0.29) is 24.2 Å². The number of carboxylic acid groups (broad SMARTS) is 1. The molecule has 1 saturated carbocycles. The van der Waals surface area contributed by atoms with Gasteiger partial charge in [0.2, 0.25) is 0 Å². The highest BCUT2D eigenvalue weighted by Crippen LogP contribution is 2.42. The van der Waals surface area contributed by atoms with Gasteiger partial charge in [-0.3, -0.25) is 4.79 Å². The van der Waals surface area contributed by atoms with Gasteiger partial charge in [-0.2, -0.15) is 0 Å². The predicted molar refractivity (Wildman–Crippen MR) is 167 cm³/mol. The van der Waals surface area contributed by atoms with Crippen molar-refractivity contribution in [2.75, 3.05) is 0 Å². The van der Waals surface area contributed by atoms with Crippen molar-refractivity contribution in [1.82, 2.24) is 4.98 Å². The van der Waals surface area contributed by atoms with Gasteiger partial charge in [0.1, 0.15) is 5.75 Å². The molecule has 1 aromatic carbocycles. The van der Waals surface area contributed by atoms with Crippen LogP contribution in [0.5, 0.6) is 5.75 Å². The maximum atomic E-state index is 12.0. The fraction of sp³-hybridized carbons (Fsp3) is 0.686. The second-order valence-electron chi connectivity index (χ2n) is 12.7. The zero-order valence-electron chi connectivity index (χ0n) is 25.6. The summed E-state index contributed by atoms with van der Waals surface area (Å²) in [5.41, 5.74) is 1.91. The van der Waals surface area contributed by atoms with Gasteiger partial charge in [-0.1, -0.05) is 83.3 Å². The first-order valence-electron chi connectivity index (χ1n) is 16.5. The normalized spacial score (nSPS) is 20.9. The highest BCUT2D eigenvalue weighted by atomic mass is 16.4. The Kier molecular flexibility index (Phi) is 14.4. The lowest BCUT2D eigenvalue weighted by Gasteiger charge is -2.32. The number of hydrogen-bond acceptors (Lipinski definition) is 5. The summed E-state index contributed by atoms with van der Waals surface area (Å²) in [5.74, 6) is -1.54. The molecule has 2 aromatic rings. The number of aromatic hydroxyl groups is 1. The molecule has 1 aliphatic carbocycles. The van der Waals surface area contributed by atoms with Crippen molar-refractivity contribution < 1.29 is 30.3 Å². The molecule has 0 spiro atoms. The molecule has 1 fully saturated rings. The SMILES string of the molecule is CCCCCCC[C@H](O)CCCCCC[C@H](C(=O)O)[C@H](O)CC[C@@]1(O)CCC[C@H]1Cc1ccc(-c2cccc(O)c2)[nH]1. The molecule has 3 rings (SSSR count). The number of aromatic amines is 1. The Morgan fingerprint density at radius 2 is 1.64 bits per heavy atom. The summed E-state index contributed by atoms with van der Waals surface area (Å²) in [7, 11) is 0. The van der Waals surface area contributed by atoms with Crippen LogP contribution < -0.4 is 0 Å². The van der Waals surface area contributed by atoms with Crippen molar-refractivity contribution in [3.63, 3.8) is 0 Å². The average Bonchev–Trinajstić information content (AvgIpc) is 3.58. The van der Waals surface area contributed by atoms with E-state index in [1.807, 2.05) is 18.2 Å². The fourth-order valence-corrected chi connectivity index (χ4v) is 6.72. The number of carbonyl (C=O) groups is 1. The van der Waals surface area contributed by atoms with Gasteiger partial charge in [-0.25, -0.2) is 0 Å². The molecule has 7 heteroatoms. The van der Waals surface area contributed by atoms with Gasteiger partial charge >= 0.3 is 5.97 Å². The molecule has 236 valence electrons. The van der Waals surface area contributed by atoms with Crippen LogP contribution in [-0.4, -0.2) is 54.3 Å². The van der Waals surface area contributed by atoms with Gasteiger partial charge in [-0.15, -0.1) is 0 Å². The minimum atomic E-state index is -0.981. The minimum absolute atomic E-state index is 0.0374. The van der Waals surface area contributed by atoms with Crippen LogP contribution in [0, 0.1) is 11.8 Å². The van der Waals surface area contributed by atoms with Gasteiger partial charge in [0.25, 0.3) is 0 Å². The third-order valence-corrected chi connectivity index (χ3v) is 9.39. The van der Waals surface area contributed by atoms with E-state index >= 15 is 0 Å². The van der Waals surface area contributed by atoms with E-state index in [1.54, 1.807) is 18.2 Å². The zero-order valence-corrected chi connectivity index (χ0v) is 25.6. The number of unbranched alkanes of at least 4 members (excludes halogenated alkanes) is 7. The second-order valence-corrected chi connectivity index (χ2v) is 12.7. The smallest absolute Gasteiger partial charge is 0.309 e. The number of benzene rings is 1. The number of aliphatic hydroxyl groups excluding tert-OH is 2. The van der Waals surface area contributed by atoms with Crippen molar-refractivity contribution in [3.8, 4) is 17.0 Å². The van der Waals surface area contributed by atoms with Crippen LogP contribution in [0.4, 0.5) is 0 Å². The van der Waals surface area contributed by atoms with Gasteiger partial charge in [0.05, 0.1) is 23.7 Å². The molecule has 42 heavy (non-hydrogen) atoms. The van der Waals surface area contributed by atoms with Crippen LogP contribution in [-0.2, 0) is 11.2 Å². The van der Waals surface area contributed by atoms with Crippen molar-refractivity contribution in [2.24, 2.45) is 11.8 Å². The Balaban J connectivity index is 1.38. The van der Waals surface area contributed by atoms with Gasteiger partial charge < -0.3 is 30.5 Å². The second kappa shape index (κ2) is 17.7. The summed E-state index contributed by atoms with van der Waals surface area (Å²) in [5, 5.41) is 52.1. The van der Waals surface area contributed by atoms with Gasteiger partial charge in [0, 0.05) is 17.0 Å². The topological polar surface area (TPSA) is 134 Å². The van der Waals surface area contributed by atoms with Crippen LogP contribution in [0.3, 0.4) is 0 Å². The largest absolute Gasteiger partial charge is 0.508 e. The standard InChI is InChI=1S/C35H55NO6/c1-2-3-4-5-8-15-29(37)16-9-6-7-10-18-31(34(40)41)33(39)21-23-35(42)22-12-14-27(35)25-28-19-20-32(36-28)26-13-11-17-30(38)24-26/h11,13,17,19-20,24,27,29,31,33,36-39,42H,2-10,12,14-16,18,21-23,25H2,1H3,(H,40,41)/t27-,29-,31-,33+,35-/m0/s1. The van der Waals surface area contributed by atoms with Crippen molar-refractivity contribution in [2.45, 2.75) is 140 Å². The predicted octanol–water partition coefficient (Wildman–Crippen LogP) is 7.36. The third-order valence-electron chi connectivity index (χ3n) is 9.39. The molecule has 0 unspecified atom stereocenters. The monoisotopic (exact) mass is 585 g/mol. The first kappa shape index (κ1) is 34.1. The number of aromatic nitrogens is 1. The van der Waals surface area contributed by atoms with Crippen molar-refractivity contribution in [3.05, 3.63) is 42.1 Å². The van der Waals surface area contributed by atoms with E-state index in [2.05, 4.69) is 11.9 Å². The van der Waals surface area contributed by atoms with Crippen LogP contribution in [0.25, 0.3) is 11.3 Å². The average molecular weight is 586 g/mol. The molecule has 7 nitrogen and oxygen atoms in total. The van der Waals surface area contributed by atoms with E-state index in [4.69, 9.17) is 0 Å². The quantitative estimate of drug-likeness (QED) is 0.0848. The zero-order chi connectivity index (χ0) is 30.4. The van der Waals surface area contributed by atoms with Crippen LogP contribution in [0.2, 0.25) is 0 Å². The molecule has 0 bridgehead atoms. The number of aliphatic carboxylic acids is 1. The number of H-pyrrole nitrogens is 1. The molecule has 0 amide bonds. The molecular weight excluding hydrogens is 530 g/mol. The van der Waals surface area contributed by atoms with Crippen LogP contribution in [0.1, 0.15) is 122 Å². The van der Waals surface area contributed by atoms with Crippen LogP contribution in [0.15, 0.2) is 36.4 Å². The highest BCUT2D eigenvalue weighted by Gasteiger charge is 2.41. The molecule has 1 aromatic heterocycles. The summed E-state index contributed by atoms with van der Waals surface area (Å²) >= 11 is 0. The first-order chi connectivity index (χ1) is 20.2. The lowest BCUT2D eigenvalue weighted by molar-refractivity contribution is -0.146. The molecular formula is C35H55NO6. The highest BCUT2D eigenvalue weighted by molar-refractivity contribution is 5.70. The Bertz CT molecular complexity index is 1050. The Morgan fingerprint density at radius 1 is 0.952 bits per heavy atom. The maximum absolute atomic E-state index is 12.0. The van der Waals surface area contributed by atoms with Crippen LogP contribution >= 0.6 is 0 Å². The number of hydrogen-bond donors (Lipinski definition) is 6. The maximum Gasteiger partial charge on any atom is 0.309 e. The Morgan fingerprint density at radius 3 is 2.31 bits per heavy atom. The lowest BCUT2D eigenvalue weighted by Crippen LogP contribution is -2.37. The molecule has 0 radical (unpaired) electrons. The fourth-order valence-electron chi connectivity index (χ4n) is 6.72. The minimum Gasteiger partial charge on any atom is -0.508 e. The lowest BCUT2D eigenvalue weighted by atomic mass is 9.81. The van der Waals surface area contributed by atoms with Crippen molar-refractivity contribution in [1.29, 1.82) is 0 Å². The van der Waals surface area contributed by atoms with E-state index < -0.39 is 23.6 Å². The number of nitrogens with one attached hydrogen (secondary N) is 1. The molecule has 0 saturated heterocycles. The van der Waals surface area contributed by atoms with E-state index in [9.17, 15) is 30.3 Å². The Labute approximate surface area is 252 Å². The number of phenolic OH excluding ortho intramolecular Hbond substituents is 1. The van der Waals surface area contributed by atoms with Gasteiger partial charge in [-0.05, 0) is 81.5 Å². The Hall–Kier alpha value is -2.35. The summed E-state index contributed by atoms with van der Waals surface area (Å²) in [6.45, 7) is 2.20. The van der Waals surface area contributed by atoms with E-state index in [0.29, 0.717) is 25.7 Å². The summed E-state index contributed by atoms with van der Waals surface area (Å²) < 4.78 is 0. The molecule has 1 heterocycles. The summed E-state index contributed by atoms with van der Waals surface area (Å²) in [6, 6.07) is 11.1. The summed E-state index contributed by atoms with van der Waals surface area (Å²) in [4.78, 5) is 15.4. The van der Waals surface area contributed by atoms with E-state index in [0.717, 1.165) is 74.7 Å². The molecule has 0 aliphatic heterocycles. The van der Waals surface area contributed by atoms with E-state index in [1.165, 1.54) is 25.7 Å². The van der Waals surface area contributed by atoms with Crippen molar-refractivity contribution >= 4 is 5.97 Å². The molecule has 1 aliphatic rings. The molecule has 5 atom stereocenters. The number of aliphatic hydroxyl groups is 3. The summed E-state index contributed by atoms with van der Waals surface area (Å²) in [6.07, 6.45) is 14.2. The molecule has 6 N–H and O–H groups in total. The first-order valence-corrected chi connectivity index (χ1v) is 16.5. The number of carboxylic acids is 1.